The average Bonchev–Trinajstić information content (AvgIpc) is 3.07. The molecule has 0 spiro atoms. The van der Waals surface area contributed by atoms with Crippen LogP contribution in [0.3, 0.4) is 0 Å². The van der Waals surface area contributed by atoms with E-state index in [9.17, 15) is 34.0 Å². The minimum atomic E-state index is -2.05. The molecule has 0 aromatic heterocycles. The Morgan fingerprint density at radius 3 is 2.16 bits per heavy atom. The number of halogens is 2. The number of hydrogen-bond donors (Lipinski definition) is 2. The topological polar surface area (TPSA) is 168 Å². The number of nitro groups is 1. The van der Waals surface area contributed by atoms with Gasteiger partial charge in [0.1, 0.15) is 10.8 Å². The number of unbranched alkanes of at least 4 members (excludes halogenated alkanes) is 6. The number of carboxylic acids is 1. The lowest BCUT2D eigenvalue weighted by molar-refractivity contribution is -0.386. The lowest BCUT2D eigenvalue weighted by Crippen LogP contribution is -2.23. The first-order chi connectivity index (χ1) is 23.9. The zero-order chi connectivity index (χ0) is 36.8. The van der Waals surface area contributed by atoms with Gasteiger partial charge >= 0.3 is 23.6 Å². The number of carbonyl (C=O) groups excluding carboxylic acids is 2. The van der Waals surface area contributed by atoms with Gasteiger partial charge in [0.2, 0.25) is 5.75 Å². The number of nitro benzene ring substituents is 1. The predicted octanol–water partition coefficient (Wildman–Crippen LogP) is 8.97. The number of alkyl halides is 1. The maximum Gasteiger partial charge on any atom is 0.349 e. The largest absolute Gasteiger partial charge is 0.494 e. The van der Waals surface area contributed by atoms with Gasteiger partial charge in [0.05, 0.1) is 35.0 Å². The predicted molar refractivity (Wildman–Crippen MR) is 189 cm³/mol. The van der Waals surface area contributed by atoms with Gasteiger partial charge in [0.15, 0.2) is 6.17 Å². The number of hydrogen-bond acceptors (Lipinski definition) is 9. The molecule has 0 unspecified atom stereocenters. The highest BCUT2D eigenvalue weighted by molar-refractivity contribution is 6.40. The molecule has 0 aliphatic heterocycles. The van der Waals surface area contributed by atoms with Gasteiger partial charge in [-0.25, -0.2) is 18.8 Å². The molecular formula is C37H42ClFN2O9. The third kappa shape index (κ3) is 10.5. The van der Waals surface area contributed by atoms with Crippen molar-refractivity contribution in [1.29, 1.82) is 0 Å². The van der Waals surface area contributed by atoms with E-state index in [1.165, 1.54) is 6.92 Å². The molecule has 0 heterocycles. The summed E-state index contributed by atoms with van der Waals surface area (Å²) in [6.07, 6.45) is 4.27. The van der Waals surface area contributed by atoms with Crippen molar-refractivity contribution in [2.45, 2.75) is 77.8 Å². The van der Waals surface area contributed by atoms with E-state index >= 15 is 0 Å². The number of nitrogens with two attached hydrogens (primary N) is 1. The number of nitrogens with zero attached hydrogens (tertiary/aromatic N) is 1. The van der Waals surface area contributed by atoms with Gasteiger partial charge in [0.25, 0.3) is 0 Å². The highest BCUT2D eigenvalue weighted by atomic mass is 35.5. The SMILES string of the molecule is C=C(Cl)C(=O)OCCCCCCCCOc1ccc(-c2ccccc2-c2c(N)c(C(=O)O)c(C)c([N+](=O)[O-])c2OC(=O)[C@H](F)CCCC)cc1. The Kier molecular flexibility index (Phi) is 15.2. The highest BCUT2D eigenvalue weighted by Gasteiger charge is 2.35. The third-order valence-corrected chi connectivity index (χ3v) is 8.16. The molecule has 0 aliphatic carbocycles. The molecule has 0 fully saturated rings. The molecule has 50 heavy (non-hydrogen) atoms. The monoisotopic (exact) mass is 712 g/mol. The quantitative estimate of drug-likeness (QED) is 0.0219. The number of benzene rings is 3. The van der Waals surface area contributed by atoms with Crippen molar-refractivity contribution in [2.24, 2.45) is 0 Å². The summed E-state index contributed by atoms with van der Waals surface area (Å²) < 4.78 is 31.0. The second-order valence-corrected chi connectivity index (χ2v) is 12.1. The summed E-state index contributed by atoms with van der Waals surface area (Å²) in [6.45, 7) is 7.14. The molecule has 3 rings (SSSR count). The lowest BCUT2D eigenvalue weighted by atomic mass is 9.89. The van der Waals surface area contributed by atoms with Crippen LogP contribution in [0.15, 0.2) is 60.1 Å². The van der Waals surface area contributed by atoms with Gasteiger partial charge < -0.3 is 25.1 Å². The number of carboxylic acid groups (broad SMARTS) is 1. The van der Waals surface area contributed by atoms with Crippen molar-refractivity contribution >= 4 is 40.9 Å². The Morgan fingerprint density at radius 2 is 1.58 bits per heavy atom. The number of anilines is 1. The number of rotatable bonds is 20. The van der Waals surface area contributed by atoms with Crippen molar-refractivity contribution < 1.29 is 43.0 Å². The van der Waals surface area contributed by atoms with Crippen molar-refractivity contribution in [3.05, 3.63) is 81.4 Å². The summed E-state index contributed by atoms with van der Waals surface area (Å²) in [6, 6.07) is 13.7. The van der Waals surface area contributed by atoms with Crippen molar-refractivity contribution in [3.8, 4) is 33.8 Å². The van der Waals surface area contributed by atoms with E-state index in [0.717, 1.165) is 38.5 Å². The number of esters is 2. The summed E-state index contributed by atoms with van der Waals surface area (Å²) in [5, 5.41) is 22.2. The van der Waals surface area contributed by atoms with Crippen LogP contribution in [-0.4, -0.2) is 47.3 Å². The summed E-state index contributed by atoms with van der Waals surface area (Å²) in [5.41, 5.74) is 5.58. The molecule has 3 aromatic rings. The van der Waals surface area contributed by atoms with Crippen LogP contribution >= 0.6 is 11.6 Å². The number of nitrogen functional groups attached to an aromatic ring is 1. The Morgan fingerprint density at radius 1 is 0.980 bits per heavy atom. The molecule has 0 saturated heterocycles. The van der Waals surface area contributed by atoms with Gasteiger partial charge in [-0.15, -0.1) is 0 Å². The normalized spacial score (nSPS) is 11.4. The number of aromatic carboxylic acids is 1. The Hall–Kier alpha value is -4.97. The minimum absolute atomic E-state index is 0.133. The van der Waals surface area contributed by atoms with E-state index < -0.39 is 46.0 Å². The van der Waals surface area contributed by atoms with E-state index in [2.05, 4.69) is 6.58 Å². The maximum absolute atomic E-state index is 14.8. The van der Waals surface area contributed by atoms with E-state index in [4.69, 9.17) is 31.5 Å². The first-order valence-electron chi connectivity index (χ1n) is 16.4. The van der Waals surface area contributed by atoms with E-state index in [0.29, 0.717) is 42.9 Å². The first-order valence-corrected chi connectivity index (χ1v) is 16.8. The molecule has 0 saturated carbocycles. The minimum Gasteiger partial charge on any atom is -0.494 e. The van der Waals surface area contributed by atoms with Gasteiger partial charge in [-0.3, -0.25) is 10.1 Å². The van der Waals surface area contributed by atoms with Crippen LogP contribution in [0.2, 0.25) is 0 Å². The smallest absolute Gasteiger partial charge is 0.349 e. The second kappa shape index (κ2) is 19.3. The molecule has 0 aliphatic rings. The maximum atomic E-state index is 14.8. The second-order valence-electron chi connectivity index (χ2n) is 11.6. The Bertz CT molecular complexity index is 1700. The summed E-state index contributed by atoms with van der Waals surface area (Å²) in [4.78, 5) is 47.8. The van der Waals surface area contributed by atoms with E-state index in [1.807, 2.05) is 6.92 Å². The summed E-state index contributed by atoms with van der Waals surface area (Å²) in [7, 11) is 0. The van der Waals surface area contributed by atoms with E-state index in [-0.39, 0.29) is 33.8 Å². The van der Waals surface area contributed by atoms with E-state index in [1.54, 1.807) is 48.5 Å². The van der Waals surface area contributed by atoms with Crippen LogP contribution < -0.4 is 15.2 Å². The summed E-state index contributed by atoms with van der Waals surface area (Å²) >= 11 is 5.48. The van der Waals surface area contributed by atoms with Crippen molar-refractivity contribution in [2.75, 3.05) is 18.9 Å². The van der Waals surface area contributed by atoms with Crippen LogP contribution in [0.1, 0.15) is 80.6 Å². The number of carbonyl (C=O) groups is 3. The Balaban J connectivity index is 1.81. The van der Waals surface area contributed by atoms with Gasteiger partial charge in [-0.05, 0) is 55.0 Å². The van der Waals surface area contributed by atoms with Crippen LogP contribution in [0, 0.1) is 17.0 Å². The van der Waals surface area contributed by atoms with Crippen molar-refractivity contribution in [1.82, 2.24) is 0 Å². The zero-order valence-electron chi connectivity index (χ0n) is 28.2. The fraction of sp³-hybridized carbons (Fsp3) is 0.378. The molecule has 0 amide bonds. The molecule has 0 radical (unpaired) electrons. The molecule has 0 bridgehead atoms. The zero-order valence-corrected chi connectivity index (χ0v) is 28.9. The standard InChI is InChI=1S/C37H42ClFN2O9/c1-4-5-16-29(39)37(45)50-34-31(32(40)30(35(42)43)23(2)33(34)41(46)47)28-15-11-10-14-27(28)25-17-19-26(20-18-25)48-21-12-8-6-7-9-13-22-49-36(44)24(3)38/h10-11,14-15,17-20,29H,3-9,12-13,16,21-22,40H2,1-2H3,(H,42,43)/t29-/m1/s1. The van der Waals surface area contributed by atoms with Gasteiger partial charge in [-0.2, -0.15) is 0 Å². The molecule has 11 nitrogen and oxygen atoms in total. The fourth-order valence-corrected chi connectivity index (χ4v) is 5.47. The van der Waals surface area contributed by atoms with Crippen LogP contribution in [0.4, 0.5) is 15.8 Å². The van der Waals surface area contributed by atoms with Gasteiger partial charge in [-0.1, -0.05) is 100 Å². The third-order valence-electron chi connectivity index (χ3n) is 8.00. The number of ether oxygens (including phenoxy) is 3. The molecule has 13 heteroatoms. The van der Waals surface area contributed by atoms with Crippen LogP contribution in [0.25, 0.3) is 22.3 Å². The van der Waals surface area contributed by atoms with Crippen LogP contribution in [-0.2, 0) is 14.3 Å². The average molecular weight is 713 g/mol. The highest BCUT2D eigenvalue weighted by Crippen LogP contribution is 2.49. The molecule has 3 N–H and O–H groups in total. The lowest BCUT2D eigenvalue weighted by Gasteiger charge is -2.20. The molecule has 3 aromatic carbocycles. The summed E-state index contributed by atoms with van der Waals surface area (Å²) in [5.74, 6) is -3.44. The molecular weight excluding hydrogens is 671 g/mol. The molecule has 268 valence electrons. The Labute approximate surface area is 295 Å². The van der Waals surface area contributed by atoms with Crippen molar-refractivity contribution in [3.63, 3.8) is 0 Å². The van der Waals surface area contributed by atoms with Crippen LogP contribution in [0.5, 0.6) is 11.5 Å². The fourth-order valence-electron chi connectivity index (χ4n) is 5.41. The van der Waals surface area contributed by atoms with Gasteiger partial charge in [0, 0.05) is 5.56 Å². The first kappa shape index (κ1) is 39.5. The molecule has 1 atom stereocenters.